The topological polar surface area (TPSA) is 84.9 Å². The summed E-state index contributed by atoms with van der Waals surface area (Å²) in [7, 11) is 1.95. The molecule has 1 atom stereocenters. The van der Waals surface area contributed by atoms with Crippen LogP contribution in [0.3, 0.4) is 0 Å². The molecule has 0 bridgehead atoms. The van der Waals surface area contributed by atoms with Crippen LogP contribution in [0.15, 0.2) is 29.0 Å². The molecule has 0 aromatic carbocycles. The molecule has 1 N–H and O–H groups in total. The molecular formula is C16H16ClF2N7O. The number of piperazine rings is 1. The summed E-state index contributed by atoms with van der Waals surface area (Å²) in [4.78, 5) is 10.4. The molecule has 8 nitrogen and oxygen atoms in total. The first-order valence-electron chi connectivity index (χ1n) is 8.28. The highest BCUT2D eigenvalue weighted by Crippen LogP contribution is 2.33. The van der Waals surface area contributed by atoms with Gasteiger partial charge in [0.25, 0.3) is 12.3 Å². The van der Waals surface area contributed by atoms with Crippen LogP contribution in [0, 0.1) is 0 Å². The van der Waals surface area contributed by atoms with Crippen LogP contribution in [-0.4, -0.2) is 56.5 Å². The van der Waals surface area contributed by atoms with Crippen LogP contribution in [0.5, 0.6) is 0 Å². The lowest BCUT2D eigenvalue weighted by atomic mass is 10.2. The van der Waals surface area contributed by atoms with Crippen molar-refractivity contribution in [1.82, 2.24) is 35.1 Å². The number of aromatic nitrogens is 5. The molecule has 1 saturated heterocycles. The highest BCUT2D eigenvalue weighted by Gasteiger charge is 2.29. The molecule has 142 valence electrons. The van der Waals surface area contributed by atoms with E-state index in [1.165, 1.54) is 12.4 Å². The molecule has 0 spiro atoms. The summed E-state index contributed by atoms with van der Waals surface area (Å²) in [5.41, 5.74) is -0.349. The van der Waals surface area contributed by atoms with E-state index in [-0.39, 0.29) is 28.3 Å². The Kier molecular flexibility index (Phi) is 4.85. The Hall–Kier alpha value is -2.43. The fourth-order valence-corrected chi connectivity index (χ4v) is 3.21. The van der Waals surface area contributed by atoms with Crippen LogP contribution >= 0.6 is 11.6 Å². The maximum atomic E-state index is 13.8. The van der Waals surface area contributed by atoms with Gasteiger partial charge in [0, 0.05) is 25.8 Å². The Labute approximate surface area is 158 Å². The summed E-state index contributed by atoms with van der Waals surface area (Å²) in [6.45, 7) is 2.34. The zero-order chi connectivity index (χ0) is 19.0. The number of nitrogens with zero attached hydrogens (tertiary/aromatic N) is 6. The van der Waals surface area contributed by atoms with E-state index in [0.717, 1.165) is 17.8 Å². The smallest absolute Gasteiger partial charge is 0.281 e. The summed E-state index contributed by atoms with van der Waals surface area (Å²) in [6.07, 6.45) is -0.129. The number of nitrogens with one attached hydrogen (secondary N) is 1. The second kappa shape index (κ2) is 7.29. The highest BCUT2D eigenvalue weighted by molar-refractivity contribution is 6.32. The zero-order valence-corrected chi connectivity index (χ0v) is 15.1. The van der Waals surface area contributed by atoms with Gasteiger partial charge in [0.2, 0.25) is 0 Å². The molecule has 4 heterocycles. The van der Waals surface area contributed by atoms with Gasteiger partial charge in [-0.2, -0.15) is 10.1 Å². The first-order valence-corrected chi connectivity index (χ1v) is 8.66. The number of halogens is 3. The van der Waals surface area contributed by atoms with Gasteiger partial charge in [-0.25, -0.2) is 18.4 Å². The Balaban J connectivity index is 1.74. The second-order valence-electron chi connectivity index (χ2n) is 6.12. The first kappa shape index (κ1) is 18.0. The largest absolute Gasteiger partial charge is 0.334 e. The monoisotopic (exact) mass is 395 g/mol. The van der Waals surface area contributed by atoms with Crippen molar-refractivity contribution in [3.63, 3.8) is 0 Å². The second-order valence-corrected chi connectivity index (χ2v) is 6.53. The molecule has 4 rings (SSSR count). The minimum absolute atomic E-state index is 0.0161. The van der Waals surface area contributed by atoms with Crippen LogP contribution in [0.1, 0.15) is 24.0 Å². The van der Waals surface area contributed by atoms with E-state index in [2.05, 4.69) is 30.4 Å². The summed E-state index contributed by atoms with van der Waals surface area (Å²) in [5, 5.41) is 11.5. The Morgan fingerprint density at radius 2 is 2.26 bits per heavy atom. The van der Waals surface area contributed by atoms with Gasteiger partial charge in [-0.15, -0.1) is 0 Å². The maximum absolute atomic E-state index is 13.8. The third kappa shape index (κ3) is 3.31. The van der Waals surface area contributed by atoms with E-state index >= 15 is 0 Å². The van der Waals surface area contributed by atoms with Crippen molar-refractivity contribution < 1.29 is 13.3 Å². The van der Waals surface area contributed by atoms with Gasteiger partial charge < -0.3 is 9.84 Å². The van der Waals surface area contributed by atoms with Crippen LogP contribution in [0.2, 0.25) is 5.02 Å². The average molecular weight is 396 g/mol. The summed E-state index contributed by atoms with van der Waals surface area (Å²) in [6, 6.07) is 3.07. The van der Waals surface area contributed by atoms with E-state index < -0.39 is 12.1 Å². The van der Waals surface area contributed by atoms with E-state index in [1.54, 1.807) is 12.1 Å². The van der Waals surface area contributed by atoms with Gasteiger partial charge in [0.1, 0.15) is 5.69 Å². The minimum Gasteiger partial charge on any atom is -0.334 e. The molecule has 0 radical (unpaired) electrons. The van der Waals surface area contributed by atoms with Crippen molar-refractivity contribution in [3.05, 3.63) is 41.1 Å². The summed E-state index contributed by atoms with van der Waals surface area (Å²) >= 11 is 6.08. The average Bonchev–Trinajstić information content (AvgIpc) is 3.29. The van der Waals surface area contributed by atoms with Crippen LogP contribution < -0.4 is 5.32 Å². The fraction of sp³-hybridized carbons (Fsp3) is 0.375. The van der Waals surface area contributed by atoms with Crippen molar-refractivity contribution in [3.8, 4) is 17.3 Å². The van der Waals surface area contributed by atoms with Gasteiger partial charge in [0.05, 0.1) is 22.8 Å². The van der Waals surface area contributed by atoms with Gasteiger partial charge >= 0.3 is 0 Å². The lowest BCUT2D eigenvalue weighted by Crippen LogP contribution is -2.44. The Bertz CT molecular complexity index is 945. The van der Waals surface area contributed by atoms with Crippen molar-refractivity contribution in [1.29, 1.82) is 0 Å². The van der Waals surface area contributed by atoms with E-state index in [0.29, 0.717) is 12.4 Å². The molecular weight excluding hydrogens is 380 g/mol. The zero-order valence-electron chi connectivity index (χ0n) is 14.3. The molecule has 27 heavy (non-hydrogen) atoms. The molecule has 0 amide bonds. The first-order chi connectivity index (χ1) is 13.1. The number of hydrogen-bond acceptors (Lipinski definition) is 7. The summed E-state index contributed by atoms with van der Waals surface area (Å²) in [5.74, 6) is 0.526. The van der Waals surface area contributed by atoms with Crippen molar-refractivity contribution in [2.45, 2.75) is 12.5 Å². The summed E-state index contributed by atoms with van der Waals surface area (Å²) < 4.78 is 33.9. The van der Waals surface area contributed by atoms with Crippen LogP contribution in [-0.2, 0) is 0 Å². The third-order valence-electron chi connectivity index (χ3n) is 4.43. The molecule has 0 aliphatic carbocycles. The van der Waals surface area contributed by atoms with Crippen LogP contribution in [0.4, 0.5) is 8.78 Å². The number of hydrogen-bond donors (Lipinski definition) is 1. The molecule has 1 unspecified atom stereocenters. The Morgan fingerprint density at radius 1 is 1.41 bits per heavy atom. The molecule has 1 aliphatic rings. The van der Waals surface area contributed by atoms with Gasteiger partial charge in [-0.1, -0.05) is 16.8 Å². The predicted octanol–water partition coefficient (Wildman–Crippen LogP) is 2.48. The van der Waals surface area contributed by atoms with Crippen molar-refractivity contribution in [2.24, 2.45) is 0 Å². The number of likely N-dealkylation sites (N-methyl/N-ethyl adjacent to an activating group) is 1. The molecule has 1 aliphatic heterocycles. The molecule has 3 aromatic rings. The standard InChI is InChI=1S/C16H16ClF2N7O/c1-25-6-5-20-8-11(25)14-23-16(27-24-14)9-7-22-26(12(9)13(18)19)15-10(17)3-2-4-21-15/h2-4,7,11,13,20H,5-6,8H2,1H3. The Morgan fingerprint density at radius 3 is 3.00 bits per heavy atom. The van der Waals surface area contributed by atoms with E-state index in [9.17, 15) is 8.78 Å². The maximum Gasteiger partial charge on any atom is 0.281 e. The number of rotatable bonds is 4. The molecule has 3 aromatic heterocycles. The number of pyridine rings is 1. The normalized spacial score (nSPS) is 18.3. The highest BCUT2D eigenvalue weighted by atomic mass is 35.5. The molecule has 1 fully saturated rings. The SMILES string of the molecule is CN1CCNCC1c1noc(-c2cnn(-c3ncccc3Cl)c2C(F)F)n1. The van der Waals surface area contributed by atoms with Crippen molar-refractivity contribution in [2.75, 3.05) is 26.7 Å². The third-order valence-corrected chi connectivity index (χ3v) is 4.73. The lowest BCUT2D eigenvalue weighted by Gasteiger charge is -2.30. The van der Waals surface area contributed by atoms with Gasteiger partial charge in [0.15, 0.2) is 11.6 Å². The van der Waals surface area contributed by atoms with Gasteiger partial charge in [-0.05, 0) is 19.2 Å². The lowest BCUT2D eigenvalue weighted by molar-refractivity contribution is 0.143. The predicted molar refractivity (Wildman–Crippen MR) is 92.9 cm³/mol. The van der Waals surface area contributed by atoms with E-state index in [1.807, 2.05) is 7.05 Å². The molecule has 11 heteroatoms. The van der Waals surface area contributed by atoms with E-state index in [4.69, 9.17) is 16.1 Å². The quantitative estimate of drug-likeness (QED) is 0.726. The molecule has 0 saturated carbocycles. The minimum atomic E-state index is -2.84. The fourth-order valence-electron chi connectivity index (χ4n) is 3.01. The van der Waals surface area contributed by atoms with Gasteiger partial charge in [-0.3, -0.25) is 4.90 Å². The van der Waals surface area contributed by atoms with Crippen molar-refractivity contribution >= 4 is 11.6 Å². The van der Waals surface area contributed by atoms with Crippen LogP contribution in [0.25, 0.3) is 17.3 Å². The number of alkyl halides is 2.